The van der Waals surface area contributed by atoms with Gasteiger partial charge in [0.2, 0.25) is 0 Å². The fraction of sp³-hybridized carbons (Fsp3) is 0.250. The molecule has 0 bridgehead atoms. The van der Waals surface area contributed by atoms with Gasteiger partial charge in [0.05, 0.1) is 24.4 Å². The molecule has 0 aliphatic carbocycles. The highest BCUT2D eigenvalue weighted by Crippen LogP contribution is 2.27. The molecule has 3 aromatic rings. The molecule has 2 atom stereocenters. The maximum absolute atomic E-state index is 13.2. The van der Waals surface area contributed by atoms with E-state index in [1.807, 2.05) is 60.5 Å². The zero-order valence-corrected chi connectivity index (χ0v) is 14.5. The molecule has 26 heavy (non-hydrogen) atoms. The summed E-state index contributed by atoms with van der Waals surface area (Å²) >= 11 is 0. The van der Waals surface area contributed by atoms with Crippen molar-refractivity contribution in [1.82, 2.24) is 19.7 Å². The van der Waals surface area contributed by atoms with Gasteiger partial charge in [-0.25, -0.2) is 4.68 Å². The van der Waals surface area contributed by atoms with Crippen LogP contribution in [0.2, 0.25) is 0 Å². The van der Waals surface area contributed by atoms with Crippen molar-refractivity contribution in [2.75, 3.05) is 13.2 Å². The van der Waals surface area contributed by atoms with Crippen LogP contribution in [0.4, 0.5) is 0 Å². The fourth-order valence-corrected chi connectivity index (χ4v) is 3.23. The Kier molecular flexibility index (Phi) is 4.50. The summed E-state index contributed by atoms with van der Waals surface area (Å²) in [7, 11) is 0. The number of hydrogen-bond donors (Lipinski definition) is 0. The monoisotopic (exact) mass is 348 g/mol. The van der Waals surface area contributed by atoms with E-state index in [-0.39, 0.29) is 18.1 Å². The first-order chi connectivity index (χ1) is 12.7. The first kappa shape index (κ1) is 16.5. The first-order valence-corrected chi connectivity index (χ1v) is 8.66. The van der Waals surface area contributed by atoms with Gasteiger partial charge in [0.15, 0.2) is 0 Å². The minimum atomic E-state index is -0.116. The van der Waals surface area contributed by atoms with Gasteiger partial charge in [-0.2, -0.15) is 5.10 Å². The number of benzene rings is 1. The summed E-state index contributed by atoms with van der Waals surface area (Å²) in [5.41, 5.74) is 2.29. The number of rotatable bonds is 3. The van der Waals surface area contributed by atoms with Gasteiger partial charge in [-0.1, -0.05) is 30.3 Å². The minimum Gasteiger partial charge on any atom is -0.374 e. The number of amides is 1. The molecule has 0 spiro atoms. The Morgan fingerprint density at radius 2 is 2.00 bits per heavy atom. The van der Waals surface area contributed by atoms with Crippen molar-refractivity contribution < 1.29 is 9.53 Å². The number of aromatic nitrogens is 3. The predicted octanol–water partition coefficient (Wildman–Crippen LogP) is 2.87. The molecule has 1 amide bonds. The van der Waals surface area contributed by atoms with Gasteiger partial charge in [-0.05, 0) is 30.7 Å². The van der Waals surface area contributed by atoms with Crippen LogP contribution in [0.5, 0.6) is 0 Å². The Balaban J connectivity index is 1.65. The summed E-state index contributed by atoms with van der Waals surface area (Å²) in [5, 5.41) is 4.22. The van der Waals surface area contributed by atoms with Gasteiger partial charge in [0, 0.05) is 25.1 Å². The van der Waals surface area contributed by atoms with Crippen LogP contribution in [0.15, 0.2) is 67.1 Å². The molecule has 1 fully saturated rings. The SMILES string of the molecule is CC1CN(C(=O)c2cc(-n3cccn3)ccn2)C(c2ccccc2)CO1. The maximum Gasteiger partial charge on any atom is 0.273 e. The summed E-state index contributed by atoms with van der Waals surface area (Å²) in [5.74, 6) is -0.0944. The lowest BCUT2D eigenvalue weighted by molar-refractivity contribution is -0.0449. The molecule has 1 aliphatic rings. The molecule has 132 valence electrons. The van der Waals surface area contributed by atoms with Crippen molar-refractivity contribution in [2.24, 2.45) is 0 Å². The first-order valence-electron chi connectivity index (χ1n) is 8.66. The lowest BCUT2D eigenvalue weighted by atomic mass is 10.0. The number of nitrogens with zero attached hydrogens (tertiary/aromatic N) is 4. The van der Waals surface area contributed by atoms with Gasteiger partial charge in [-0.15, -0.1) is 0 Å². The molecule has 6 heteroatoms. The largest absolute Gasteiger partial charge is 0.374 e. The average molecular weight is 348 g/mol. The molecule has 3 heterocycles. The summed E-state index contributed by atoms with van der Waals surface area (Å²) < 4.78 is 7.53. The number of hydrogen-bond acceptors (Lipinski definition) is 4. The third-order valence-electron chi connectivity index (χ3n) is 4.55. The quantitative estimate of drug-likeness (QED) is 0.730. The molecular weight excluding hydrogens is 328 g/mol. The summed E-state index contributed by atoms with van der Waals surface area (Å²) in [6.45, 7) is 3.00. The number of carbonyl (C=O) groups excluding carboxylic acids is 1. The van der Waals surface area contributed by atoms with Crippen molar-refractivity contribution in [3.05, 3.63) is 78.4 Å². The van der Waals surface area contributed by atoms with E-state index in [4.69, 9.17) is 4.74 Å². The molecule has 0 radical (unpaired) electrons. The lowest BCUT2D eigenvalue weighted by Gasteiger charge is -2.38. The third kappa shape index (κ3) is 3.23. The minimum absolute atomic E-state index is 0.00629. The summed E-state index contributed by atoms with van der Waals surface area (Å²) in [4.78, 5) is 19.4. The summed E-state index contributed by atoms with van der Waals surface area (Å²) in [6.07, 6.45) is 5.18. The van der Waals surface area contributed by atoms with Crippen LogP contribution >= 0.6 is 0 Å². The fourth-order valence-electron chi connectivity index (χ4n) is 3.23. The van der Waals surface area contributed by atoms with Crippen LogP contribution < -0.4 is 0 Å². The van der Waals surface area contributed by atoms with E-state index in [9.17, 15) is 4.79 Å². The molecule has 2 aromatic heterocycles. The highest BCUT2D eigenvalue weighted by Gasteiger charge is 2.32. The van der Waals surface area contributed by atoms with Crippen LogP contribution in [0.3, 0.4) is 0 Å². The number of carbonyl (C=O) groups is 1. The van der Waals surface area contributed by atoms with Crippen molar-refractivity contribution in [1.29, 1.82) is 0 Å². The van der Waals surface area contributed by atoms with E-state index in [0.29, 0.717) is 18.8 Å². The van der Waals surface area contributed by atoms with Crippen LogP contribution in [-0.4, -0.2) is 44.8 Å². The zero-order valence-electron chi connectivity index (χ0n) is 14.5. The predicted molar refractivity (Wildman–Crippen MR) is 97.0 cm³/mol. The Labute approximate surface area is 152 Å². The van der Waals surface area contributed by atoms with Crippen molar-refractivity contribution in [3.8, 4) is 5.69 Å². The van der Waals surface area contributed by atoms with E-state index in [1.54, 1.807) is 23.1 Å². The number of ether oxygens (including phenoxy) is 1. The van der Waals surface area contributed by atoms with Crippen LogP contribution in [0.1, 0.15) is 29.0 Å². The van der Waals surface area contributed by atoms with E-state index in [2.05, 4.69) is 10.1 Å². The molecule has 1 aromatic carbocycles. The molecule has 2 unspecified atom stereocenters. The average Bonchev–Trinajstić information content (AvgIpc) is 3.23. The van der Waals surface area contributed by atoms with Gasteiger partial charge in [0.1, 0.15) is 5.69 Å². The molecule has 1 aliphatic heterocycles. The molecule has 4 rings (SSSR count). The second-order valence-electron chi connectivity index (χ2n) is 6.38. The zero-order chi connectivity index (χ0) is 17.9. The highest BCUT2D eigenvalue weighted by molar-refractivity contribution is 5.93. The van der Waals surface area contributed by atoms with E-state index in [1.165, 1.54) is 0 Å². The maximum atomic E-state index is 13.2. The Hall–Kier alpha value is -2.99. The molecule has 0 N–H and O–H groups in total. The number of pyridine rings is 1. The van der Waals surface area contributed by atoms with Gasteiger partial charge in [0.25, 0.3) is 5.91 Å². The van der Waals surface area contributed by atoms with E-state index >= 15 is 0 Å². The topological polar surface area (TPSA) is 60.2 Å². The number of morpholine rings is 1. The normalized spacial score (nSPS) is 20.1. The Morgan fingerprint density at radius 3 is 2.77 bits per heavy atom. The molecule has 1 saturated heterocycles. The van der Waals surface area contributed by atoms with Crippen molar-refractivity contribution in [3.63, 3.8) is 0 Å². The Bertz CT molecular complexity index is 880. The van der Waals surface area contributed by atoms with E-state index < -0.39 is 0 Å². The van der Waals surface area contributed by atoms with Crippen LogP contribution in [0, 0.1) is 0 Å². The van der Waals surface area contributed by atoms with Crippen molar-refractivity contribution >= 4 is 5.91 Å². The highest BCUT2D eigenvalue weighted by atomic mass is 16.5. The second kappa shape index (κ2) is 7.09. The van der Waals surface area contributed by atoms with Crippen molar-refractivity contribution in [2.45, 2.75) is 19.1 Å². The van der Waals surface area contributed by atoms with Gasteiger partial charge < -0.3 is 9.64 Å². The van der Waals surface area contributed by atoms with Crippen LogP contribution in [0.25, 0.3) is 5.69 Å². The summed E-state index contributed by atoms with van der Waals surface area (Å²) in [6, 6.07) is 15.3. The lowest BCUT2D eigenvalue weighted by Crippen LogP contribution is -2.47. The smallest absolute Gasteiger partial charge is 0.273 e. The standard InChI is InChI=1S/C20H20N4O2/c1-15-13-23(19(14-26-15)16-6-3-2-4-7-16)20(25)18-12-17(8-10-21-18)24-11-5-9-22-24/h2-12,15,19H,13-14H2,1H3. The van der Waals surface area contributed by atoms with Gasteiger partial charge in [-0.3, -0.25) is 9.78 Å². The van der Waals surface area contributed by atoms with E-state index in [0.717, 1.165) is 11.3 Å². The third-order valence-corrected chi connectivity index (χ3v) is 4.55. The van der Waals surface area contributed by atoms with Gasteiger partial charge >= 0.3 is 0 Å². The second-order valence-corrected chi connectivity index (χ2v) is 6.38. The molecule has 6 nitrogen and oxygen atoms in total. The van der Waals surface area contributed by atoms with Crippen LogP contribution in [-0.2, 0) is 4.74 Å². The molecular formula is C20H20N4O2. The molecule has 0 saturated carbocycles. The Morgan fingerprint density at radius 1 is 1.15 bits per heavy atom.